The molecule has 0 saturated carbocycles. The summed E-state index contributed by atoms with van der Waals surface area (Å²) >= 11 is 0. The van der Waals surface area contributed by atoms with Gasteiger partial charge < -0.3 is 14.2 Å². The Balaban J connectivity index is 1.77. The van der Waals surface area contributed by atoms with E-state index < -0.39 is 0 Å². The molecule has 0 bridgehead atoms. The maximum absolute atomic E-state index is 8.91. The van der Waals surface area contributed by atoms with Crippen molar-refractivity contribution >= 4 is 5.57 Å². The Morgan fingerprint density at radius 3 is 2.15 bits per heavy atom. The largest absolute Gasteiger partial charge is 0.496 e. The van der Waals surface area contributed by atoms with E-state index >= 15 is 0 Å². The second-order valence-electron chi connectivity index (χ2n) is 6.43. The molecule has 2 aromatic rings. The third-order valence-electron chi connectivity index (χ3n) is 4.82. The van der Waals surface area contributed by atoms with Gasteiger partial charge >= 0.3 is 0 Å². The van der Waals surface area contributed by atoms with Crippen molar-refractivity contribution in [2.45, 2.75) is 13.0 Å². The molecule has 0 unspecified atom stereocenters. The lowest BCUT2D eigenvalue weighted by Crippen LogP contribution is -2.28. The van der Waals surface area contributed by atoms with Gasteiger partial charge in [0.25, 0.3) is 0 Å². The van der Waals surface area contributed by atoms with E-state index in [0.717, 1.165) is 43.1 Å². The van der Waals surface area contributed by atoms with Gasteiger partial charge in [-0.3, -0.25) is 4.90 Å². The zero-order chi connectivity index (χ0) is 19.2. The van der Waals surface area contributed by atoms with Crippen molar-refractivity contribution in [2.75, 3.05) is 34.4 Å². The molecule has 0 atom stereocenters. The molecule has 0 N–H and O–H groups in total. The van der Waals surface area contributed by atoms with Crippen molar-refractivity contribution in [1.82, 2.24) is 4.90 Å². The zero-order valence-electron chi connectivity index (χ0n) is 16.0. The quantitative estimate of drug-likeness (QED) is 0.779. The summed E-state index contributed by atoms with van der Waals surface area (Å²) in [5, 5.41) is 8.91. The first kappa shape index (κ1) is 18.8. The molecule has 5 heteroatoms. The molecule has 1 aliphatic heterocycles. The van der Waals surface area contributed by atoms with Crippen LogP contribution in [0.15, 0.2) is 42.5 Å². The van der Waals surface area contributed by atoms with Crippen molar-refractivity contribution < 1.29 is 14.2 Å². The monoisotopic (exact) mass is 364 g/mol. The molecule has 27 heavy (non-hydrogen) atoms. The number of methoxy groups -OCH3 is 3. The van der Waals surface area contributed by atoms with Gasteiger partial charge in [0, 0.05) is 31.8 Å². The second-order valence-corrected chi connectivity index (χ2v) is 6.43. The first-order valence-corrected chi connectivity index (χ1v) is 8.89. The van der Waals surface area contributed by atoms with Crippen LogP contribution in [-0.4, -0.2) is 39.3 Å². The van der Waals surface area contributed by atoms with E-state index in [1.165, 1.54) is 11.1 Å². The van der Waals surface area contributed by atoms with E-state index in [4.69, 9.17) is 19.5 Å². The molecule has 0 aliphatic carbocycles. The fourth-order valence-electron chi connectivity index (χ4n) is 3.35. The molecule has 0 spiro atoms. The first-order chi connectivity index (χ1) is 13.2. The smallest absolute Gasteiger partial charge is 0.133 e. The van der Waals surface area contributed by atoms with Crippen LogP contribution in [0, 0.1) is 11.3 Å². The van der Waals surface area contributed by atoms with Crippen molar-refractivity contribution in [3.63, 3.8) is 0 Å². The number of hydrogen-bond acceptors (Lipinski definition) is 5. The molecule has 3 rings (SSSR count). The van der Waals surface area contributed by atoms with Crippen molar-refractivity contribution in [3.8, 4) is 23.3 Å². The molecule has 0 radical (unpaired) electrons. The SMILES string of the molecule is COc1cc(OC)c(C2=CCN(Cc3ccc(C#N)cc3)CC2)c(OC)c1. The molecular weight excluding hydrogens is 340 g/mol. The van der Waals surface area contributed by atoms with Crippen LogP contribution in [0.3, 0.4) is 0 Å². The molecule has 0 aromatic heterocycles. The summed E-state index contributed by atoms with van der Waals surface area (Å²) < 4.78 is 16.5. The van der Waals surface area contributed by atoms with Gasteiger partial charge in [0.15, 0.2) is 0 Å². The molecule has 2 aromatic carbocycles. The minimum Gasteiger partial charge on any atom is -0.496 e. The first-order valence-electron chi connectivity index (χ1n) is 8.89. The second kappa shape index (κ2) is 8.61. The van der Waals surface area contributed by atoms with Gasteiger partial charge in [-0.2, -0.15) is 5.26 Å². The van der Waals surface area contributed by atoms with Crippen molar-refractivity contribution in [1.29, 1.82) is 5.26 Å². The lowest BCUT2D eigenvalue weighted by Gasteiger charge is -2.28. The van der Waals surface area contributed by atoms with Gasteiger partial charge in [0.2, 0.25) is 0 Å². The van der Waals surface area contributed by atoms with Crippen molar-refractivity contribution in [3.05, 3.63) is 59.2 Å². The van der Waals surface area contributed by atoms with Crippen LogP contribution in [0.4, 0.5) is 0 Å². The van der Waals surface area contributed by atoms with E-state index in [1.54, 1.807) is 21.3 Å². The van der Waals surface area contributed by atoms with Gasteiger partial charge in [-0.25, -0.2) is 0 Å². The van der Waals surface area contributed by atoms with E-state index in [1.807, 2.05) is 36.4 Å². The number of ether oxygens (including phenoxy) is 3. The number of nitriles is 1. The molecule has 5 nitrogen and oxygen atoms in total. The Hall–Kier alpha value is -2.97. The summed E-state index contributed by atoms with van der Waals surface area (Å²) in [6, 6.07) is 13.7. The highest BCUT2D eigenvalue weighted by Crippen LogP contribution is 2.40. The standard InChI is InChI=1S/C22H24N2O3/c1-25-19-12-20(26-2)22(21(13-19)27-3)18-8-10-24(11-9-18)15-17-6-4-16(14-23)5-7-17/h4-8,12-13H,9-11,15H2,1-3H3. The molecule has 0 saturated heterocycles. The van der Waals surface area contributed by atoms with Crippen LogP contribution in [0.25, 0.3) is 5.57 Å². The number of nitrogens with zero attached hydrogens (tertiary/aromatic N) is 2. The number of rotatable bonds is 6. The minimum absolute atomic E-state index is 0.693. The highest BCUT2D eigenvalue weighted by atomic mass is 16.5. The van der Waals surface area contributed by atoms with E-state index in [9.17, 15) is 0 Å². The van der Waals surface area contributed by atoms with Crippen LogP contribution in [0.1, 0.15) is 23.1 Å². The minimum atomic E-state index is 0.693. The van der Waals surface area contributed by atoms with Gasteiger partial charge in [-0.05, 0) is 29.7 Å². The van der Waals surface area contributed by atoms with Crippen molar-refractivity contribution in [2.24, 2.45) is 0 Å². The maximum Gasteiger partial charge on any atom is 0.133 e. The lowest BCUT2D eigenvalue weighted by atomic mass is 9.97. The summed E-state index contributed by atoms with van der Waals surface area (Å²) in [6.07, 6.45) is 3.15. The van der Waals surface area contributed by atoms with E-state index in [-0.39, 0.29) is 0 Å². The predicted octanol–water partition coefficient (Wildman–Crippen LogP) is 3.87. The lowest BCUT2D eigenvalue weighted by molar-refractivity contribution is 0.293. The molecule has 1 aliphatic rings. The predicted molar refractivity (Wildman–Crippen MR) is 105 cm³/mol. The molecular formula is C22H24N2O3. The Bertz CT molecular complexity index is 841. The fraction of sp³-hybridized carbons (Fsp3) is 0.318. The van der Waals surface area contributed by atoms with Crippen LogP contribution < -0.4 is 14.2 Å². The summed E-state index contributed by atoms with van der Waals surface area (Å²) in [6.45, 7) is 2.67. The maximum atomic E-state index is 8.91. The zero-order valence-corrected chi connectivity index (χ0v) is 16.0. The van der Waals surface area contributed by atoms with Gasteiger partial charge in [0.05, 0.1) is 38.5 Å². The molecule has 1 heterocycles. The number of hydrogen-bond donors (Lipinski definition) is 0. The van der Waals surface area contributed by atoms with Gasteiger partial charge in [-0.1, -0.05) is 18.2 Å². The third kappa shape index (κ3) is 4.24. The molecule has 0 fully saturated rings. The fourth-order valence-corrected chi connectivity index (χ4v) is 3.35. The molecule has 140 valence electrons. The Morgan fingerprint density at radius 2 is 1.67 bits per heavy atom. The average Bonchev–Trinajstić information content (AvgIpc) is 2.73. The summed E-state index contributed by atoms with van der Waals surface area (Å²) in [5.74, 6) is 2.24. The molecule has 0 amide bonds. The summed E-state index contributed by atoms with van der Waals surface area (Å²) in [7, 11) is 4.96. The van der Waals surface area contributed by atoms with E-state index in [0.29, 0.717) is 11.3 Å². The highest BCUT2D eigenvalue weighted by Gasteiger charge is 2.21. The van der Waals surface area contributed by atoms with Crippen LogP contribution >= 0.6 is 0 Å². The Morgan fingerprint density at radius 1 is 1.00 bits per heavy atom. The average molecular weight is 364 g/mol. The van der Waals surface area contributed by atoms with Crippen LogP contribution in [0.5, 0.6) is 17.2 Å². The third-order valence-corrected chi connectivity index (χ3v) is 4.82. The van der Waals surface area contributed by atoms with Gasteiger partial charge in [-0.15, -0.1) is 0 Å². The van der Waals surface area contributed by atoms with Crippen LogP contribution in [0.2, 0.25) is 0 Å². The normalized spacial score (nSPS) is 14.2. The highest BCUT2D eigenvalue weighted by molar-refractivity contribution is 5.77. The van der Waals surface area contributed by atoms with Crippen LogP contribution in [-0.2, 0) is 6.54 Å². The van der Waals surface area contributed by atoms with Gasteiger partial charge in [0.1, 0.15) is 17.2 Å². The summed E-state index contributed by atoms with van der Waals surface area (Å²) in [5.41, 5.74) is 4.13. The van der Waals surface area contributed by atoms with E-state index in [2.05, 4.69) is 17.0 Å². The topological polar surface area (TPSA) is 54.7 Å². The summed E-state index contributed by atoms with van der Waals surface area (Å²) in [4.78, 5) is 2.38. The Kier molecular flexibility index (Phi) is 6.00. The Labute approximate surface area is 160 Å². The number of benzene rings is 2.